The van der Waals surface area contributed by atoms with Crippen LogP contribution in [-0.2, 0) is 6.54 Å². The number of Topliss-reactive ketones (excluding diaryl/α,β-unsaturated/α-hetero) is 1. The van der Waals surface area contributed by atoms with Crippen molar-refractivity contribution < 1.29 is 102 Å². The maximum absolute atomic E-state index is 15.4. The summed E-state index contributed by atoms with van der Waals surface area (Å²) in [7, 11) is 0. The SMILES string of the molecule is Fc1c(F)c(F)c([B-](c2c(F)c(F)c(F)c(F)c2F)(c2c(F)c(F)c(F)c(F)c2F)c2c(F)c(F)c(F)c(F)c2F)c(F)c1F.O=C(C[n+]1ccnc(C(=O)c2cccc3ccccc23)c1)c1ccccc1. The van der Waals surface area contributed by atoms with Gasteiger partial charge in [-0.15, -0.1) is 21.9 Å². The predicted molar refractivity (Wildman–Crippen MR) is 212 cm³/mol. The molecule has 0 unspecified atom stereocenters. The van der Waals surface area contributed by atoms with Gasteiger partial charge >= 0.3 is 0 Å². The van der Waals surface area contributed by atoms with Crippen LogP contribution in [0.1, 0.15) is 26.4 Å². The zero-order valence-corrected chi connectivity index (χ0v) is 34.7. The summed E-state index contributed by atoms with van der Waals surface area (Å²) < 4.78 is 296. The lowest BCUT2D eigenvalue weighted by atomic mass is 9.12. The average Bonchev–Trinajstić information content (AvgIpc) is 3.38. The van der Waals surface area contributed by atoms with Crippen molar-refractivity contribution in [3.63, 3.8) is 0 Å². The van der Waals surface area contributed by atoms with Crippen molar-refractivity contribution in [1.29, 1.82) is 0 Å². The summed E-state index contributed by atoms with van der Waals surface area (Å²) in [5.41, 5.74) is -12.8. The minimum atomic E-state index is -7.22. The van der Waals surface area contributed by atoms with Crippen LogP contribution in [0.2, 0.25) is 0 Å². The zero-order valence-electron chi connectivity index (χ0n) is 34.7. The van der Waals surface area contributed by atoms with Gasteiger partial charge in [-0.1, -0.05) is 72.8 Å². The molecule has 25 heteroatoms. The third-order valence-electron chi connectivity index (χ3n) is 11.2. The second kappa shape index (κ2) is 19.6. The molecular weight excluding hydrogens is 1020 g/mol. The first kappa shape index (κ1) is 51.7. The second-order valence-electron chi connectivity index (χ2n) is 15.1. The van der Waals surface area contributed by atoms with E-state index in [2.05, 4.69) is 4.98 Å². The number of carbonyl (C=O) groups is 2. The number of hydrogen-bond acceptors (Lipinski definition) is 3. The molecule has 4 nitrogen and oxygen atoms in total. The summed E-state index contributed by atoms with van der Waals surface area (Å²) in [6.45, 7) is 0.155. The number of halogens is 20. The summed E-state index contributed by atoms with van der Waals surface area (Å²) in [6.07, 6.45) is -2.34. The van der Waals surface area contributed by atoms with Gasteiger partial charge in [0.1, 0.15) is 52.7 Å². The number of aromatic nitrogens is 2. The maximum atomic E-state index is 15.4. The highest BCUT2D eigenvalue weighted by Gasteiger charge is 2.52. The number of carbonyl (C=O) groups excluding carboxylic acids is 2. The predicted octanol–water partition coefficient (Wildman–Crippen LogP) is 9.48. The fourth-order valence-corrected chi connectivity index (χ4v) is 7.97. The van der Waals surface area contributed by atoms with Crippen LogP contribution in [0, 0.1) is 116 Å². The van der Waals surface area contributed by atoms with E-state index < -0.39 is 144 Å². The summed E-state index contributed by atoms with van der Waals surface area (Å²) in [5.74, 6) is -71.6. The third kappa shape index (κ3) is 8.24. The number of fused-ring (bicyclic) bond motifs is 1. The molecule has 0 N–H and O–H groups in total. The van der Waals surface area contributed by atoms with Crippen LogP contribution in [0.4, 0.5) is 87.8 Å². The molecule has 7 aromatic carbocycles. The lowest BCUT2D eigenvalue weighted by molar-refractivity contribution is -0.683. The van der Waals surface area contributed by atoms with Crippen LogP contribution in [0.5, 0.6) is 0 Å². The molecule has 1 aromatic heterocycles. The van der Waals surface area contributed by atoms with Crippen molar-refractivity contribution in [1.82, 2.24) is 4.98 Å². The van der Waals surface area contributed by atoms with Crippen LogP contribution in [0.25, 0.3) is 10.8 Å². The molecule has 8 aromatic rings. The van der Waals surface area contributed by atoms with Gasteiger partial charge in [0.25, 0.3) is 0 Å². The van der Waals surface area contributed by atoms with E-state index >= 15 is 35.1 Å². The Morgan fingerprint density at radius 2 is 0.736 bits per heavy atom. The van der Waals surface area contributed by atoms with Crippen LogP contribution < -0.4 is 26.4 Å². The van der Waals surface area contributed by atoms with E-state index in [-0.39, 0.29) is 18.1 Å². The molecule has 0 fully saturated rings. The van der Waals surface area contributed by atoms with Gasteiger partial charge in [-0.25, -0.2) is 92.8 Å². The molecule has 72 heavy (non-hydrogen) atoms. The largest absolute Gasteiger partial charge is 0.287 e. The Kier molecular flexibility index (Phi) is 14.1. The molecule has 0 spiro atoms. The monoisotopic (exact) mass is 1030 g/mol. The van der Waals surface area contributed by atoms with Gasteiger partial charge in [0.15, 0.2) is 87.9 Å². The minimum absolute atomic E-state index is 0.0182. The van der Waals surface area contributed by atoms with Crippen LogP contribution >= 0.6 is 0 Å². The summed E-state index contributed by atoms with van der Waals surface area (Å²) in [5, 5.41) is 1.90. The van der Waals surface area contributed by atoms with Gasteiger partial charge in [-0.2, -0.15) is 4.57 Å². The van der Waals surface area contributed by atoms with Gasteiger partial charge in [0, 0.05) is 11.1 Å². The standard InChI is InChI=1S/C24BF20.C23H17N2O2/c26-5-1(6(27)14(35)21(42)13(5)34)25(2-7(28)15(36)22(43)16(37)8(2)29,3-9(30)17(38)23(44)18(39)10(3)31)4-11(32)19(40)24(45)20(41)12(4)33;26-22(18-8-2-1-3-9-18)16-25-14-13-24-21(15-25)23(27)20-12-6-10-17-7-4-5-11-19(17)20/h;1-15H,16H2/q-1;+1. The van der Waals surface area contributed by atoms with Gasteiger partial charge in [-0.3, -0.25) is 9.59 Å². The van der Waals surface area contributed by atoms with E-state index in [1.807, 2.05) is 54.6 Å². The molecule has 8 rings (SSSR count). The third-order valence-corrected chi connectivity index (χ3v) is 11.2. The first-order chi connectivity index (χ1) is 33.9. The van der Waals surface area contributed by atoms with Gasteiger partial charge in [-0.05, 0) is 10.8 Å². The number of ketones is 2. The first-order valence-electron chi connectivity index (χ1n) is 19.6. The summed E-state index contributed by atoms with van der Waals surface area (Å²) in [4.78, 5) is 29.6. The van der Waals surface area contributed by atoms with Gasteiger partial charge in [0.05, 0.1) is 6.20 Å². The Labute approximate surface area is 387 Å². The van der Waals surface area contributed by atoms with Crippen molar-refractivity contribution in [3.05, 3.63) is 225 Å². The van der Waals surface area contributed by atoms with Crippen molar-refractivity contribution in [3.8, 4) is 0 Å². The molecule has 0 aliphatic heterocycles. The molecule has 0 atom stereocenters. The number of hydrogen-bond donors (Lipinski definition) is 0. The summed E-state index contributed by atoms with van der Waals surface area (Å²) in [6, 6.07) is 22.5. The smallest absolute Gasteiger partial charge is 0.227 e. The number of nitrogens with zero attached hydrogens (tertiary/aromatic N) is 2. The average molecular weight is 1030 g/mol. The molecule has 0 aliphatic rings. The molecule has 0 saturated heterocycles. The quantitative estimate of drug-likeness (QED) is 0.0362. The van der Waals surface area contributed by atoms with Crippen molar-refractivity contribution in [2.75, 3.05) is 0 Å². The van der Waals surface area contributed by atoms with Crippen LogP contribution in [0.3, 0.4) is 0 Å². The van der Waals surface area contributed by atoms with E-state index in [4.69, 9.17) is 0 Å². The highest BCUT2D eigenvalue weighted by Crippen LogP contribution is 2.31. The Morgan fingerprint density at radius 1 is 0.403 bits per heavy atom. The van der Waals surface area contributed by atoms with E-state index in [0.717, 1.165) is 10.8 Å². The summed E-state index contributed by atoms with van der Waals surface area (Å²) >= 11 is 0. The second-order valence-corrected chi connectivity index (χ2v) is 15.1. The molecule has 1 heterocycles. The van der Waals surface area contributed by atoms with Gasteiger partial charge < -0.3 is 0 Å². The van der Waals surface area contributed by atoms with Crippen molar-refractivity contribution in [2.45, 2.75) is 6.54 Å². The highest BCUT2D eigenvalue weighted by atomic mass is 19.2. The molecule has 0 bridgehead atoms. The Balaban J connectivity index is 0.000000238. The molecule has 0 amide bonds. The van der Waals surface area contributed by atoms with Crippen molar-refractivity contribution in [2.24, 2.45) is 0 Å². The normalized spacial score (nSPS) is 11.5. The Morgan fingerprint density at radius 3 is 1.12 bits per heavy atom. The lowest BCUT2D eigenvalue weighted by Crippen LogP contribution is -2.81. The Bertz CT molecular complexity index is 3170. The zero-order chi connectivity index (χ0) is 53.0. The van der Waals surface area contributed by atoms with Crippen LogP contribution in [0.15, 0.2) is 91.4 Å². The molecular formula is C47H17BF20N2O2. The maximum Gasteiger partial charge on any atom is 0.227 e. The topological polar surface area (TPSA) is 50.9 Å². The molecule has 0 saturated carbocycles. The van der Waals surface area contributed by atoms with E-state index in [1.165, 1.54) is 0 Å². The highest BCUT2D eigenvalue weighted by molar-refractivity contribution is 7.20. The molecule has 0 aliphatic carbocycles. The van der Waals surface area contributed by atoms with E-state index in [0.29, 0.717) is 16.8 Å². The van der Waals surface area contributed by atoms with E-state index in [1.54, 1.807) is 41.4 Å². The minimum Gasteiger partial charge on any atom is -0.287 e. The molecule has 370 valence electrons. The number of rotatable bonds is 9. The fraction of sp³-hybridized carbons (Fsp3) is 0.0213. The van der Waals surface area contributed by atoms with Crippen molar-refractivity contribution >= 4 is 50.3 Å². The van der Waals surface area contributed by atoms with E-state index in [9.17, 15) is 62.3 Å². The van der Waals surface area contributed by atoms with Crippen LogP contribution in [-0.4, -0.2) is 22.7 Å². The number of benzene rings is 7. The Hall–Kier alpha value is -8.12. The van der Waals surface area contributed by atoms with Gasteiger partial charge in [0.2, 0.25) is 18.1 Å². The molecule has 0 radical (unpaired) electrons. The fourth-order valence-electron chi connectivity index (χ4n) is 7.97. The first-order valence-corrected chi connectivity index (χ1v) is 19.6. The lowest BCUT2D eigenvalue weighted by Gasteiger charge is -2.44.